The Morgan fingerprint density at radius 2 is 2.05 bits per heavy atom. The van der Waals surface area contributed by atoms with E-state index < -0.39 is 0 Å². The van der Waals surface area contributed by atoms with Crippen molar-refractivity contribution in [1.29, 1.82) is 0 Å². The van der Waals surface area contributed by atoms with Gasteiger partial charge < -0.3 is 9.73 Å². The average molecular weight is 334 g/mol. The Balaban J connectivity index is 1.54. The first-order valence-electron chi connectivity index (χ1n) is 6.57. The number of carbonyl (C=O) groups is 1. The summed E-state index contributed by atoms with van der Waals surface area (Å²) >= 11 is 7.36. The standard InChI is InChI=1S/C15H12ClN3O2S/c16-12-3-1-10(2-4-12)8-17-13(20)7-14-18-19-15(21-14)11-5-6-22-9-11/h1-6,9H,7-8H2,(H,17,20). The summed E-state index contributed by atoms with van der Waals surface area (Å²) in [5.74, 6) is 0.562. The van der Waals surface area contributed by atoms with Gasteiger partial charge in [-0.3, -0.25) is 4.79 Å². The lowest BCUT2D eigenvalue weighted by Crippen LogP contribution is -2.24. The monoisotopic (exact) mass is 333 g/mol. The highest BCUT2D eigenvalue weighted by Crippen LogP contribution is 2.20. The van der Waals surface area contributed by atoms with Crippen LogP contribution in [-0.2, 0) is 17.8 Å². The summed E-state index contributed by atoms with van der Waals surface area (Å²) in [7, 11) is 0. The fraction of sp³-hybridized carbons (Fsp3) is 0.133. The van der Waals surface area contributed by atoms with E-state index in [4.69, 9.17) is 16.0 Å². The second kappa shape index (κ2) is 6.72. The van der Waals surface area contributed by atoms with Gasteiger partial charge in [-0.2, -0.15) is 11.3 Å². The first-order chi connectivity index (χ1) is 10.7. The van der Waals surface area contributed by atoms with Crippen molar-refractivity contribution in [2.75, 3.05) is 0 Å². The lowest BCUT2D eigenvalue weighted by atomic mass is 10.2. The van der Waals surface area contributed by atoms with Crippen molar-refractivity contribution in [3.8, 4) is 11.5 Å². The molecule has 2 heterocycles. The molecule has 1 aromatic carbocycles. The summed E-state index contributed by atoms with van der Waals surface area (Å²) in [5, 5.41) is 15.1. The number of halogens is 1. The maximum absolute atomic E-state index is 11.9. The average Bonchev–Trinajstić information content (AvgIpc) is 3.17. The molecule has 0 fully saturated rings. The second-order valence-electron chi connectivity index (χ2n) is 4.59. The lowest BCUT2D eigenvalue weighted by molar-refractivity contribution is -0.120. The molecule has 1 amide bonds. The molecule has 2 aromatic heterocycles. The molecule has 3 rings (SSSR count). The Morgan fingerprint density at radius 1 is 1.23 bits per heavy atom. The van der Waals surface area contributed by atoms with Crippen LogP contribution < -0.4 is 5.32 Å². The van der Waals surface area contributed by atoms with Crippen LogP contribution in [0.3, 0.4) is 0 Å². The van der Waals surface area contributed by atoms with Crippen LogP contribution in [0.15, 0.2) is 45.5 Å². The Bertz CT molecular complexity index is 753. The third kappa shape index (κ3) is 3.72. The molecular weight excluding hydrogens is 322 g/mol. The molecule has 0 aliphatic carbocycles. The summed E-state index contributed by atoms with van der Waals surface area (Å²) in [4.78, 5) is 11.9. The highest BCUT2D eigenvalue weighted by molar-refractivity contribution is 7.08. The number of rotatable bonds is 5. The van der Waals surface area contributed by atoms with E-state index in [9.17, 15) is 4.79 Å². The maximum Gasteiger partial charge on any atom is 0.248 e. The molecule has 0 spiro atoms. The Labute approximate surface area is 135 Å². The highest BCUT2D eigenvalue weighted by Gasteiger charge is 2.12. The van der Waals surface area contributed by atoms with Gasteiger partial charge in [0.05, 0.1) is 0 Å². The van der Waals surface area contributed by atoms with E-state index in [-0.39, 0.29) is 12.3 Å². The van der Waals surface area contributed by atoms with Crippen LogP contribution in [0.4, 0.5) is 0 Å². The molecule has 0 saturated carbocycles. The molecule has 0 atom stereocenters. The third-order valence-corrected chi connectivity index (χ3v) is 3.88. The van der Waals surface area contributed by atoms with Gasteiger partial charge in [0.1, 0.15) is 6.42 Å². The van der Waals surface area contributed by atoms with Gasteiger partial charge in [0.2, 0.25) is 17.7 Å². The smallest absolute Gasteiger partial charge is 0.248 e. The van der Waals surface area contributed by atoms with Crippen LogP contribution >= 0.6 is 22.9 Å². The normalized spacial score (nSPS) is 10.6. The van der Waals surface area contributed by atoms with Gasteiger partial charge in [-0.1, -0.05) is 23.7 Å². The van der Waals surface area contributed by atoms with Gasteiger partial charge >= 0.3 is 0 Å². The zero-order valence-corrected chi connectivity index (χ0v) is 13.0. The van der Waals surface area contributed by atoms with Crippen molar-refractivity contribution >= 4 is 28.8 Å². The second-order valence-corrected chi connectivity index (χ2v) is 5.81. The fourth-order valence-electron chi connectivity index (χ4n) is 1.83. The first kappa shape index (κ1) is 14.7. The summed E-state index contributed by atoms with van der Waals surface area (Å²) in [5.41, 5.74) is 1.84. The van der Waals surface area contributed by atoms with E-state index in [1.807, 2.05) is 29.0 Å². The van der Waals surface area contributed by atoms with E-state index >= 15 is 0 Å². The largest absolute Gasteiger partial charge is 0.420 e. The van der Waals surface area contributed by atoms with Gasteiger partial charge in [0.25, 0.3) is 0 Å². The lowest BCUT2D eigenvalue weighted by Gasteiger charge is -2.03. The molecule has 0 saturated heterocycles. The summed E-state index contributed by atoms with van der Waals surface area (Å²) in [6, 6.07) is 9.19. The Morgan fingerprint density at radius 3 is 2.77 bits per heavy atom. The van der Waals surface area contributed by atoms with E-state index in [2.05, 4.69) is 15.5 Å². The summed E-state index contributed by atoms with van der Waals surface area (Å²) in [6.07, 6.45) is 0.0602. The Kier molecular flexibility index (Phi) is 4.50. The number of nitrogens with one attached hydrogen (secondary N) is 1. The molecule has 7 heteroatoms. The summed E-state index contributed by atoms with van der Waals surface area (Å²) < 4.78 is 5.47. The maximum atomic E-state index is 11.9. The van der Waals surface area contributed by atoms with Crippen LogP contribution in [-0.4, -0.2) is 16.1 Å². The zero-order chi connectivity index (χ0) is 15.4. The van der Waals surface area contributed by atoms with Gasteiger partial charge in [0.15, 0.2) is 0 Å². The third-order valence-electron chi connectivity index (χ3n) is 2.95. The van der Waals surface area contributed by atoms with Crippen molar-refractivity contribution in [2.24, 2.45) is 0 Å². The van der Waals surface area contributed by atoms with Crippen molar-refractivity contribution in [1.82, 2.24) is 15.5 Å². The van der Waals surface area contributed by atoms with Crippen molar-refractivity contribution in [3.05, 3.63) is 57.6 Å². The van der Waals surface area contributed by atoms with Crippen LogP contribution in [0.5, 0.6) is 0 Å². The number of aromatic nitrogens is 2. The molecule has 3 aromatic rings. The van der Waals surface area contributed by atoms with Crippen LogP contribution in [0.1, 0.15) is 11.5 Å². The van der Waals surface area contributed by atoms with Gasteiger partial charge in [-0.05, 0) is 29.1 Å². The quantitative estimate of drug-likeness (QED) is 0.777. The number of benzene rings is 1. The molecule has 0 aliphatic heterocycles. The van der Waals surface area contributed by atoms with Crippen LogP contribution in [0.2, 0.25) is 5.02 Å². The summed E-state index contributed by atoms with van der Waals surface area (Å²) in [6.45, 7) is 0.432. The number of nitrogens with zero attached hydrogens (tertiary/aromatic N) is 2. The number of hydrogen-bond donors (Lipinski definition) is 1. The zero-order valence-electron chi connectivity index (χ0n) is 11.5. The number of carbonyl (C=O) groups excluding carboxylic acids is 1. The number of amides is 1. The van der Waals surface area contributed by atoms with E-state index in [1.54, 1.807) is 23.5 Å². The first-order valence-corrected chi connectivity index (χ1v) is 7.89. The highest BCUT2D eigenvalue weighted by atomic mass is 35.5. The van der Waals surface area contributed by atoms with Crippen molar-refractivity contribution < 1.29 is 9.21 Å². The van der Waals surface area contributed by atoms with Crippen LogP contribution in [0, 0.1) is 0 Å². The topological polar surface area (TPSA) is 68.0 Å². The van der Waals surface area contributed by atoms with E-state index in [1.165, 1.54) is 0 Å². The predicted molar refractivity (Wildman–Crippen MR) is 84.6 cm³/mol. The molecule has 1 N–H and O–H groups in total. The number of thiophene rings is 1. The SMILES string of the molecule is O=C(Cc1nnc(-c2ccsc2)o1)NCc1ccc(Cl)cc1. The molecule has 5 nitrogen and oxygen atoms in total. The molecule has 22 heavy (non-hydrogen) atoms. The van der Waals surface area contributed by atoms with Crippen LogP contribution in [0.25, 0.3) is 11.5 Å². The van der Waals surface area contributed by atoms with Gasteiger partial charge in [-0.15, -0.1) is 10.2 Å². The minimum absolute atomic E-state index is 0.0602. The van der Waals surface area contributed by atoms with Gasteiger partial charge in [-0.25, -0.2) is 0 Å². The molecular formula is C15H12ClN3O2S. The molecule has 0 bridgehead atoms. The predicted octanol–water partition coefficient (Wildman–Crippen LogP) is 3.31. The van der Waals surface area contributed by atoms with Gasteiger partial charge in [0, 0.05) is 22.5 Å². The molecule has 0 aliphatic rings. The molecule has 112 valence electrons. The molecule has 0 radical (unpaired) electrons. The van der Waals surface area contributed by atoms with E-state index in [0.717, 1.165) is 11.1 Å². The van der Waals surface area contributed by atoms with Crippen molar-refractivity contribution in [3.63, 3.8) is 0 Å². The number of hydrogen-bond acceptors (Lipinski definition) is 5. The fourth-order valence-corrected chi connectivity index (χ4v) is 2.59. The Hall–Kier alpha value is -2.18. The molecule has 0 unspecified atom stereocenters. The minimum Gasteiger partial charge on any atom is -0.420 e. The van der Waals surface area contributed by atoms with Crippen molar-refractivity contribution in [2.45, 2.75) is 13.0 Å². The minimum atomic E-state index is -0.171. The van der Waals surface area contributed by atoms with E-state index in [0.29, 0.717) is 23.3 Å².